The molecule has 0 spiro atoms. The molecule has 2 N–H and O–H groups in total. The Morgan fingerprint density at radius 3 is 2.86 bits per heavy atom. The highest BCUT2D eigenvalue weighted by Gasteiger charge is 2.06. The molecule has 0 bridgehead atoms. The maximum atomic E-state index is 11.3. The molecular weight excluding hydrogens is 356 g/mol. The fraction of sp³-hybridized carbons (Fsp3) is 0.385. The van der Waals surface area contributed by atoms with Gasteiger partial charge in [0.25, 0.3) is 0 Å². The highest BCUT2D eigenvalue weighted by Crippen LogP contribution is 2.21. The van der Waals surface area contributed by atoms with Crippen molar-refractivity contribution in [3.63, 3.8) is 0 Å². The third kappa shape index (κ3) is 4.62. The number of anilines is 1. The molecule has 21 heavy (non-hydrogen) atoms. The molecular formula is C13H17BrN4O2S. The summed E-state index contributed by atoms with van der Waals surface area (Å²) >= 11 is 3.37. The number of aromatic nitrogens is 2. The number of hydrogen-bond acceptors (Lipinski definition) is 5. The zero-order valence-corrected chi connectivity index (χ0v) is 14.0. The average molecular weight is 373 g/mol. The van der Waals surface area contributed by atoms with Crippen LogP contribution in [0.1, 0.15) is 13.3 Å². The van der Waals surface area contributed by atoms with Gasteiger partial charge in [-0.3, -0.25) is 9.97 Å². The van der Waals surface area contributed by atoms with Crippen molar-refractivity contribution in [2.75, 3.05) is 24.2 Å². The van der Waals surface area contributed by atoms with Gasteiger partial charge in [-0.1, -0.05) is 0 Å². The van der Waals surface area contributed by atoms with Crippen LogP contribution in [0.25, 0.3) is 11.0 Å². The van der Waals surface area contributed by atoms with Gasteiger partial charge >= 0.3 is 0 Å². The lowest BCUT2D eigenvalue weighted by atomic mass is 10.2. The minimum Gasteiger partial charge on any atom is -0.383 e. The Balaban J connectivity index is 1.92. The lowest BCUT2D eigenvalue weighted by Crippen LogP contribution is -2.27. The fourth-order valence-electron chi connectivity index (χ4n) is 1.79. The largest absolute Gasteiger partial charge is 0.383 e. The van der Waals surface area contributed by atoms with Gasteiger partial charge < -0.3 is 5.32 Å². The summed E-state index contributed by atoms with van der Waals surface area (Å²) in [6.07, 6.45) is 4.14. The molecule has 0 amide bonds. The summed E-state index contributed by atoms with van der Waals surface area (Å²) in [6.45, 7) is 2.70. The van der Waals surface area contributed by atoms with E-state index in [1.165, 1.54) is 0 Å². The van der Waals surface area contributed by atoms with Crippen molar-refractivity contribution in [3.05, 3.63) is 29.0 Å². The molecule has 0 atom stereocenters. The minimum absolute atomic E-state index is 0.105. The van der Waals surface area contributed by atoms with E-state index in [9.17, 15) is 8.42 Å². The SMILES string of the molecule is CCS(=O)(=O)NCCCNc1ccnc2cc(Br)cnc12. The van der Waals surface area contributed by atoms with Crippen LogP contribution in [0.4, 0.5) is 5.69 Å². The van der Waals surface area contributed by atoms with Crippen molar-refractivity contribution in [1.82, 2.24) is 14.7 Å². The lowest BCUT2D eigenvalue weighted by Gasteiger charge is -2.09. The van der Waals surface area contributed by atoms with Crippen LogP contribution in [0.5, 0.6) is 0 Å². The third-order valence-electron chi connectivity index (χ3n) is 2.92. The molecule has 0 aliphatic heterocycles. The van der Waals surface area contributed by atoms with Crippen LogP contribution in [0.2, 0.25) is 0 Å². The number of nitrogens with one attached hydrogen (secondary N) is 2. The Kier molecular flexibility index (Phi) is 5.49. The monoisotopic (exact) mass is 372 g/mol. The molecule has 0 aliphatic rings. The van der Waals surface area contributed by atoms with E-state index in [1.807, 2.05) is 12.1 Å². The van der Waals surface area contributed by atoms with Gasteiger partial charge in [0.2, 0.25) is 10.0 Å². The molecule has 114 valence electrons. The Labute approximate surface area is 132 Å². The Morgan fingerprint density at radius 1 is 1.29 bits per heavy atom. The van der Waals surface area contributed by atoms with Crippen molar-refractivity contribution < 1.29 is 8.42 Å². The van der Waals surface area contributed by atoms with E-state index in [0.717, 1.165) is 21.2 Å². The lowest BCUT2D eigenvalue weighted by molar-refractivity contribution is 0.581. The summed E-state index contributed by atoms with van der Waals surface area (Å²) in [4.78, 5) is 8.62. The zero-order valence-electron chi connectivity index (χ0n) is 11.6. The number of sulfonamides is 1. The number of pyridine rings is 2. The van der Waals surface area contributed by atoms with E-state index in [0.29, 0.717) is 19.5 Å². The molecule has 0 fully saturated rings. The number of nitrogens with zero attached hydrogens (tertiary/aromatic N) is 2. The molecule has 0 aliphatic carbocycles. The second-order valence-electron chi connectivity index (χ2n) is 4.46. The second kappa shape index (κ2) is 7.15. The molecule has 8 heteroatoms. The van der Waals surface area contributed by atoms with E-state index >= 15 is 0 Å². The molecule has 0 unspecified atom stereocenters. The van der Waals surface area contributed by atoms with Gasteiger partial charge in [0, 0.05) is 30.0 Å². The molecule has 0 saturated carbocycles. The van der Waals surface area contributed by atoms with Gasteiger partial charge in [0.1, 0.15) is 5.52 Å². The molecule has 0 radical (unpaired) electrons. The van der Waals surface area contributed by atoms with Crippen molar-refractivity contribution in [2.45, 2.75) is 13.3 Å². The summed E-state index contributed by atoms with van der Waals surface area (Å²) < 4.78 is 26.0. The standard InChI is InChI=1S/C13H17BrN4O2S/c1-2-21(19,20)18-6-3-5-15-11-4-7-16-12-8-10(14)9-17-13(11)12/h4,7-9,18H,2-3,5-6H2,1H3,(H,15,16). The van der Waals surface area contributed by atoms with Gasteiger partial charge in [-0.2, -0.15) is 0 Å². The molecule has 2 aromatic rings. The maximum Gasteiger partial charge on any atom is 0.211 e. The molecule has 0 aromatic carbocycles. The smallest absolute Gasteiger partial charge is 0.211 e. The average Bonchev–Trinajstić information content (AvgIpc) is 2.46. The number of hydrogen-bond donors (Lipinski definition) is 2. The number of halogens is 1. The van der Waals surface area contributed by atoms with Crippen LogP contribution in [0.15, 0.2) is 29.0 Å². The fourth-order valence-corrected chi connectivity index (χ4v) is 2.77. The van der Waals surface area contributed by atoms with Crippen LogP contribution >= 0.6 is 15.9 Å². The van der Waals surface area contributed by atoms with Crippen molar-refractivity contribution in [2.24, 2.45) is 0 Å². The summed E-state index contributed by atoms with van der Waals surface area (Å²) in [5.74, 6) is 0.105. The van der Waals surface area contributed by atoms with Crippen LogP contribution in [0, 0.1) is 0 Å². The van der Waals surface area contributed by atoms with E-state index in [-0.39, 0.29) is 5.75 Å². The Morgan fingerprint density at radius 2 is 2.10 bits per heavy atom. The third-order valence-corrected chi connectivity index (χ3v) is 4.75. The molecule has 2 aromatic heterocycles. The quantitative estimate of drug-likeness (QED) is 0.727. The second-order valence-corrected chi connectivity index (χ2v) is 7.47. The first-order chi connectivity index (χ1) is 10.0. The highest BCUT2D eigenvalue weighted by atomic mass is 79.9. The van der Waals surface area contributed by atoms with E-state index in [4.69, 9.17) is 0 Å². The van der Waals surface area contributed by atoms with Crippen molar-refractivity contribution >= 4 is 42.7 Å². The van der Waals surface area contributed by atoms with E-state index in [1.54, 1.807) is 19.3 Å². The van der Waals surface area contributed by atoms with E-state index < -0.39 is 10.0 Å². The molecule has 6 nitrogen and oxygen atoms in total. The maximum absolute atomic E-state index is 11.3. The predicted octanol–water partition coefficient (Wildman–Crippen LogP) is 2.13. The van der Waals surface area contributed by atoms with E-state index in [2.05, 4.69) is 35.9 Å². The topological polar surface area (TPSA) is 84.0 Å². The van der Waals surface area contributed by atoms with Crippen molar-refractivity contribution in [1.29, 1.82) is 0 Å². The van der Waals surface area contributed by atoms with Crippen molar-refractivity contribution in [3.8, 4) is 0 Å². The first-order valence-electron chi connectivity index (χ1n) is 6.63. The summed E-state index contributed by atoms with van der Waals surface area (Å²) in [6, 6.07) is 3.77. The molecule has 0 saturated heterocycles. The van der Waals surface area contributed by atoms with Crippen LogP contribution < -0.4 is 10.0 Å². The van der Waals surface area contributed by atoms with Gasteiger partial charge in [0.15, 0.2) is 0 Å². The van der Waals surface area contributed by atoms with Gasteiger partial charge in [0.05, 0.1) is 17.0 Å². The Bertz CT molecular complexity index is 721. The van der Waals surface area contributed by atoms with Gasteiger partial charge in [-0.15, -0.1) is 0 Å². The molecule has 2 rings (SSSR count). The Hall–Kier alpha value is -1.25. The summed E-state index contributed by atoms with van der Waals surface area (Å²) in [7, 11) is -3.11. The molecule has 2 heterocycles. The first-order valence-corrected chi connectivity index (χ1v) is 9.08. The predicted molar refractivity (Wildman–Crippen MR) is 87.8 cm³/mol. The number of rotatable bonds is 7. The highest BCUT2D eigenvalue weighted by molar-refractivity contribution is 9.10. The number of fused-ring (bicyclic) bond motifs is 1. The van der Waals surface area contributed by atoms with Gasteiger partial charge in [-0.05, 0) is 41.4 Å². The normalized spacial score (nSPS) is 11.7. The van der Waals surface area contributed by atoms with Gasteiger partial charge in [-0.25, -0.2) is 13.1 Å². The first kappa shape index (κ1) is 16.1. The minimum atomic E-state index is -3.11. The van der Waals surface area contributed by atoms with Crippen LogP contribution in [0.3, 0.4) is 0 Å². The summed E-state index contributed by atoms with van der Waals surface area (Å²) in [5, 5.41) is 3.26. The van der Waals surface area contributed by atoms with Crippen LogP contribution in [-0.2, 0) is 10.0 Å². The summed E-state index contributed by atoms with van der Waals surface area (Å²) in [5.41, 5.74) is 2.50. The zero-order chi connectivity index (χ0) is 15.3. The van der Waals surface area contributed by atoms with Crippen LogP contribution in [-0.4, -0.2) is 37.2 Å².